The van der Waals surface area contributed by atoms with Crippen LogP contribution in [-0.4, -0.2) is 23.3 Å². The van der Waals surface area contributed by atoms with Crippen LogP contribution in [0.3, 0.4) is 0 Å². The molecule has 0 radical (unpaired) electrons. The largest absolute Gasteiger partial charge is 0.478 e. The molecule has 0 heterocycles. The van der Waals surface area contributed by atoms with Gasteiger partial charge in [-0.2, -0.15) is 0 Å². The Hall–Kier alpha value is -1.58. The first-order valence-corrected chi connectivity index (χ1v) is 4.65. The molecule has 0 bridgehead atoms. The van der Waals surface area contributed by atoms with E-state index in [1.54, 1.807) is 12.1 Å². The predicted octanol–water partition coefficient (Wildman–Crippen LogP) is 2.54. The lowest BCUT2D eigenvalue weighted by atomic mass is 10.1. The highest BCUT2D eigenvalue weighted by molar-refractivity contribution is 5.88. The molecular formula is C11H14FNO2. The summed E-state index contributed by atoms with van der Waals surface area (Å²) < 4.78 is 13.2. The monoisotopic (exact) mass is 211 g/mol. The van der Waals surface area contributed by atoms with Gasteiger partial charge in [-0.05, 0) is 32.0 Å². The van der Waals surface area contributed by atoms with Crippen LogP contribution in [0, 0.1) is 0 Å². The number of benzene rings is 1. The molecule has 0 aliphatic rings. The Bertz CT molecular complexity index is 358. The number of halogens is 1. The quantitative estimate of drug-likeness (QED) is 0.804. The van der Waals surface area contributed by atoms with Gasteiger partial charge in [-0.1, -0.05) is 6.07 Å². The highest BCUT2D eigenvalue weighted by atomic mass is 19.1. The van der Waals surface area contributed by atoms with Gasteiger partial charge in [-0.15, -0.1) is 0 Å². The number of nitrogens with one attached hydrogen (secondary N) is 1. The average Bonchev–Trinajstić information content (AvgIpc) is 2.14. The number of anilines is 1. The number of carbonyl (C=O) groups is 1. The Morgan fingerprint density at radius 2 is 2.20 bits per heavy atom. The summed E-state index contributed by atoms with van der Waals surface area (Å²) in [4.78, 5) is 10.7. The molecule has 1 aromatic carbocycles. The zero-order chi connectivity index (χ0) is 11.5. The highest BCUT2D eigenvalue weighted by Gasteiger charge is 2.14. The number of carboxylic acids is 1. The topological polar surface area (TPSA) is 49.3 Å². The van der Waals surface area contributed by atoms with Crippen LogP contribution in [-0.2, 0) is 0 Å². The molecule has 0 atom stereocenters. The first-order valence-electron chi connectivity index (χ1n) is 4.65. The molecule has 0 aromatic heterocycles. The van der Waals surface area contributed by atoms with Crippen molar-refractivity contribution in [2.45, 2.75) is 19.5 Å². The Labute approximate surface area is 87.9 Å². The first kappa shape index (κ1) is 11.5. The average molecular weight is 211 g/mol. The van der Waals surface area contributed by atoms with E-state index in [9.17, 15) is 9.18 Å². The van der Waals surface area contributed by atoms with E-state index in [-0.39, 0.29) is 12.1 Å². The third kappa shape index (κ3) is 3.97. The van der Waals surface area contributed by atoms with E-state index in [1.165, 1.54) is 26.0 Å². The van der Waals surface area contributed by atoms with Crippen molar-refractivity contribution in [3.05, 3.63) is 29.8 Å². The normalized spacial score (nSPS) is 11.1. The van der Waals surface area contributed by atoms with Crippen molar-refractivity contribution in [1.29, 1.82) is 0 Å². The Morgan fingerprint density at radius 1 is 1.53 bits per heavy atom. The highest BCUT2D eigenvalue weighted by Crippen LogP contribution is 2.14. The summed E-state index contributed by atoms with van der Waals surface area (Å²) in [5, 5.41) is 11.6. The molecule has 1 aromatic rings. The predicted molar refractivity (Wildman–Crippen MR) is 57.1 cm³/mol. The summed E-state index contributed by atoms with van der Waals surface area (Å²) in [7, 11) is 0. The molecule has 0 saturated heterocycles. The van der Waals surface area contributed by atoms with Crippen LogP contribution in [0.2, 0.25) is 0 Å². The van der Waals surface area contributed by atoms with Gasteiger partial charge >= 0.3 is 5.97 Å². The summed E-state index contributed by atoms with van der Waals surface area (Å²) in [6, 6.07) is 6.30. The van der Waals surface area contributed by atoms with Crippen LogP contribution >= 0.6 is 0 Å². The number of aromatic carboxylic acids is 1. The Kier molecular flexibility index (Phi) is 3.29. The summed E-state index contributed by atoms with van der Waals surface area (Å²) >= 11 is 0. The van der Waals surface area contributed by atoms with Gasteiger partial charge in [-0.3, -0.25) is 0 Å². The van der Waals surface area contributed by atoms with Crippen molar-refractivity contribution in [2.75, 3.05) is 11.9 Å². The van der Waals surface area contributed by atoms with Crippen molar-refractivity contribution >= 4 is 11.7 Å². The molecular weight excluding hydrogens is 197 g/mol. The second-order valence-corrected chi connectivity index (χ2v) is 3.96. The molecule has 2 N–H and O–H groups in total. The second kappa shape index (κ2) is 4.29. The van der Waals surface area contributed by atoms with Crippen LogP contribution in [0.25, 0.3) is 0 Å². The second-order valence-electron chi connectivity index (χ2n) is 3.96. The molecule has 0 amide bonds. The standard InChI is InChI=1S/C11H14FNO2/c1-11(2,12)7-13-9-5-3-4-8(6-9)10(14)15/h3-6,13H,7H2,1-2H3,(H,14,15). The zero-order valence-corrected chi connectivity index (χ0v) is 8.75. The molecule has 3 nitrogen and oxygen atoms in total. The van der Waals surface area contributed by atoms with E-state index in [4.69, 9.17) is 5.11 Å². The smallest absolute Gasteiger partial charge is 0.335 e. The van der Waals surface area contributed by atoms with Gasteiger partial charge in [0.1, 0.15) is 5.67 Å². The van der Waals surface area contributed by atoms with E-state index in [0.717, 1.165) is 0 Å². The van der Waals surface area contributed by atoms with Crippen molar-refractivity contribution in [2.24, 2.45) is 0 Å². The molecule has 0 aliphatic heterocycles. The van der Waals surface area contributed by atoms with Gasteiger partial charge in [0.15, 0.2) is 0 Å². The third-order valence-corrected chi connectivity index (χ3v) is 1.82. The minimum absolute atomic E-state index is 0.149. The fourth-order valence-corrected chi connectivity index (χ4v) is 1.07. The fourth-order valence-electron chi connectivity index (χ4n) is 1.07. The fraction of sp³-hybridized carbons (Fsp3) is 0.364. The number of alkyl halides is 1. The molecule has 15 heavy (non-hydrogen) atoms. The maximum atomic E-state index is 13.2. The SMILES string of the molecule is CC(C)(F)CNc1cccc(C(=O)O)c1. The molecule has 1 rings (SSSR count). The van der Waals surface area contributed by atoms with E-state index < -0.39 is 11.6 Å². The van der Waals surface area contributed by atoms with Crippen molar-refractivity contribution < 1.29 is 14.3 Å². The van der Waals surface area contributed by atoms with E-state index in [0.29, 0.717) is 5.69 Å². The van der Waals surface area contributed by atoms with Crippen molar-refractivity contribution in [1.82, 2.24) is 0 Å². The van der Waals surface area contributed by atoms with Gasteiger partial charge in [0, 0.05) is 12.2 Å². The molecule has 0 saturated carbocycles. The van der Waals surface area contributed by atoms with Gasteiger partial charge in [0.2, 0.25) is 0 Å². The van der Waals surface area contributed by atoms with Crippen molar-refractivity contribution in [3.63, 3.8) is 0 Å². The van der Waals surface area contributed by atoms with E-state index in [1.807, 2.05) is 0 Å². The minimum Gasteiger partial charge on any atom is -0.478 e. The molecule has 0 unspecified atom stereocenters. The lowest BCUT2D eigenvalue weighted by molar-refractivity contribution is 0.0697. The van der Waals surface area contributed by atoms with Gasteiger partial charge < -0.3 is 10.4 Å². The van der Waals surface area contributed by atoms with E-state index >= 15 is 0 Å². The van der Waals surface area contributed by atoms with Crippen LogP contribution in [0.5, 0.6) is 0 Å². The summed E-state index contributed by atoms with van der Waals surface area (Å²) in [5.41, 5.74) is -0.517. The van der Waals surface area contributed by atoms with Gasteiger partial charge in [-0.25, -0.2) is 9.18 Å². The lowest BCUT2D eigenvalue weighted by Gasteiger charge is -2.15. The molecule has 0 spiro atoms. The molecule has 0 fully saturated rings. The van der Waals surface area contributed by atoms with E-state index in [2.05, 4.69) is 5.32 Å². The van der Waals surface area contributed by atoms with Crippen molar-refractivity contribution in [3.8, 4) is 0 Å². The van der Waals surface area contributed by atoms with Crippen LogP contribution in [0.15, 0.2) is 24.3 Å². The van der Waals surface area contributed by atoms with Crippen LogP contribution in [0.4, 0.5) is 10.1 Å². The molecule has 4 heteroatoms. The third-order valence-electron chi connectivity index (χ3n) is 1.82. The number of rotatable bonds is 4. The van der Waals surface area contributed by atoms with Crippen LogP contribution in [0.1, 0.15) is 24.2 Å². The summed E-state index contributed by atoms with van der Waals surface area (Å²) in [6.07, 6.45) is 0. The first-order chi connectivity index (χ1) is 6.88. The number of carboxylic acid groups (broad SMARTS) is 1. The summed E-state index contributed by atoms with van der Waals surface area (Å²) in [5.74, 6) is -0.988. The van der Waals surface area contributed by atoms with Gasteiger partial charge in [0.05, 0.1) is 5.56 Å². The Balaban J connectivity index is 2.70. The minimum atomic E-state index is -1.32. The lowest BCUT2D eigenvalue weighted by Crippen LogP contribution is -2.24. The number of hydrogen-bond donors (Lipinski definition) is 2. The molecule has 0 aliphatic carbocycles. The Morgan fingerprint density at radius 3 is 2.73 bits per heavy atom. The zero-order valence-electron chi connectivity index (χ0n) is 8.75. The summed E-state index contributed by atoms with van der Waals surface area (Å²) in [6.45, 7) is 3.07. The van der Waals surface area contributed by atoms with Crippen LogP contribution < -0.4 is 5.32 Å². The van der Waals surface area contributed by atoms with Gasteiger partial charge in [0.25, 0.3) is 0 Å². The molecule has 82 valence electrons. The maximum Gasteiger partial charge on any atom is 0.335 e. The maximum absolute atomic E-state index is 13.2. The number of hydrogen-bond acceptors (Lipinski definition) is 2.